The summed E-state index contributed by atoms with van der Waals surface area (Å²) in [5.74, 6) is -0.885. The van der Waals surface area contributed by atoms with Gasteiger partial charge in [-0.05, 0) is 24.3 Å². The number of nitro groups is 1. The summed E-state index contributed by atoms with van der Waals surface area (Å²) in [5, 5.41) is 16.4. The molecule has 0 aliphatic carbocycles. The van der Waals surface area contributed by atoms with Crippen molar-refractivity contribution in [1.29, 1.82) is 0 Å². The van der Waals surface area contributed by atoms with Crippen LogP contribution in [0.4, 0.5) is 14.5 Å². The highest BCUT2D eigenvalue weighted by molar-refractivity contribution is 7.89. The first-order valence-electron chi connectivity index (χ1n) is 8.35. The normalized spacial score (nSPS) is 11.9. The van der Waals surface area contributed by atoms with E-state index in [-0.39, 0.29) is 41.7 Å². The van der Waals surface area contributed by atoms with Crippen molar-refractivity contribution in [3.8, 4) is 0 Å². The van der Waals surface area contributed by atoms with Crippen LogP contribution in [-0.2, 0) is 16.6 Å². The standard InChI is InChI=1S/C17H19F2N5O4S/c1-20-17(22-11-12-9-13(18)5-6-16(12)19)21-7-8-23-29(27,28)15-4-2-3-14(10-15)24(25)26/h2-6,9-10,23H,7-8,11H2,1H3,(H2,20,21,22). The van der Waals surface area contributed by atoms with Gasteiger partial charge in [0.2, 0.25) is 10.0 Å². The third-order valence-electron chi connectivity index (χ3n) is 3.73. The van der Waals surface area contributed by atoms with Crippen LogP contribution in [0.5, 0.6) is 0 Å². The molecule has 12 heteroatoms. The van der Waals surface area contributed by atoms with Gasteiger partial charge in [-0.3, -0.25) is 15.1 Å². The average Bonchev–Trinajstić information content (AvgIpc) is 2.70. The van der Waals surface area contributed by atoms with Crippen molar-refractivity contribution in [2.45, 2.75) is 11.4 Å². The molecule has 3 N–H and O–H groups in total. The van der Waals surface area contributed by atoms with E-state index in [9.17, 15) is 27.3 Å². The molecule has 0 fully saturated rings. The van der Waals surface area contributed by atoms with E-state index in [1.807, 2.05) is 0 Å². The van der Waals surface area contributed by atoms with Crippen LogP contribution in [0, 0.1) is 21.7 Å². The van der Waals surface area contributed by atoms with Crippen molar-refractivity contribution in [1.82, 2.24) is 15.4 Å². The molecule has 0 aliphatic rings. The summed E-state index contributed by atoms with van der Waals surface area (Å²) in [4.78, 5) is 13.8. The Morgan fingerprint density at radius 3 is 2.59 bits per heavy atom. The van der Waals surface area contributed by atoms with Gasteiger partial charge in [0.1, 0.15) is 11.6 Å². The number of rotatable bonds is 8. The van der Waals surface area contributed by atoms with E-state index in [0.29, 0.717) is 0 Å². The smallest absolute Gasteiger partial charge is 0.270 e. The van der Waals surface area contributed by atoms with Gasteiger partial charge in [0.15, 0.2) is 5.96 Å². The third-order valence-corrected chi connectivity index (χ3v) is 5.18. The van der Waals surface area contributed by atoms with Gasteiger partial charge in [-0.1, -0.05) is 6.07 Å². The second-order valence-electron chi connectivity index (χ2n) is 5.74. The minimum absolute atomic E-state index is 0.0251. The maximum atomic E-state index is 13.6. The maximum Gasteiger partial charge on any atom is 0.270 e. The second-order valence-corrected chi connectivity index (χ2v) is 7.51. The molecule has 9 nitrogen and oxygen atoms in total. The summed E-state index contributed by atoms with van der Waals surface area (Å²) in [6.07, 6.45) is 0. The Balaban J connectivity index is 1.85. The van der Waals surface area contributed by atoms with Crippen molar-refractivity contribution in [3.63, 3.8) is 0 Å². The number of sulfonamides is 1. The number of nitrogens with zero attached hydrogens (tertiary/aromatic N) is 2. The lowest BCUT2D eigenvalue weighted by Crippen LogP contribution is -2.41. The zero-order valence-corrected chi connectivity index (χ0v) is 16.2. The van der Waals surface area contributed by atoms with Gasteiger partial charge < -0.3 is 10.6 Å². The van der Waals surface area contributed by atoms with Crippen LogP contribution in [0.1, 0.15) is 5.56 Å². The minimum Gasteiger partial charge on any atom is -0.355 e. The molecule has 0 bridgehead atoms. The number of nitro benzene ring substituents is 1. The fraction of sp³-hybridized carbons (Fsp3) is 0.235. The average molecular weight is 427 g/mol. The zero-order valence-electron chi connectivity index (χ0n) is 15.4. The van der Waals surface area contributed by atoms with Gasteiger partial charge >= 0.3 is 0 Å². The Bertz CT molecular complexity index is 1010. The summed E-state index contributed by atoms with van der Waals surface area (Å²) in [6, 6.07) is 7.77. The zero-order chi connectivity index (χ0) is 21.4. The molecular formula is C17H19F2N5O4S. The highest BCUT2D eigenvalue weighted by Gasteiger charge is 2.17. The Hall–Kier alpha value is -3.12. The largest absolute Gasteiger partial charge is 0.355 e. The number of aliphatic imine (C=N–C) groups is 1. The molecule has 0 spiro atoms. The Kier molecular flexibility index (Phi) is 7.56. The molecule has 2 aromatic rings. The number of non-ortho nitro benzene ring substituents is 1. The van der Waals surface area contributed by atoms with E-state index in [2.05, 4.69) is 20.3 Å². The van der Waals surface area contributed by atoms with E-state index >= 15 is 0 Å². The van der Waals surface area contributed by atoms with Gasteiger partial charge in [-0.15, -0.1) is 0 Å². The highest BCUT2D eigenvalue weighted by Crippen LogP contribution is 2.16. The van der Waals surface area contributed by atoms with E-state index in [1.54, 1.807) is 0 Å². The Morgan fingerprint density at radius 1 is 1.14 bits per heavy atom. The molecule has 0 saturated carbocycles. The van der Waals surface area contributed by atoms with Crippen molar-refractivity contribution in [2.75, 3.05) is 20.1 Å². The summed E-state index contributed by atoms with van der Waals surface area (Å²) in [7, 11) is -2.47. The quantitative estimate of drug-likeness (QED) is 0.193. The number of guanidine groups is 1. The van der Waals surface area contributed by atoms with Gasteiger partial charge in [-0.25, -0.2) is 21.9 Å². The van der Waals surface area contributed by atoms with E-state index in [0.717, 1.165) is 24.3 Å². The molecule has 0 amide bonds. The molecule has 29 heavy (non-hydrogen) atoms. The lowest BCUT2D eigenvalue weighted by Gasteiger charge is -2.13. The van der Waals surface area contributed by atoms with Crippen LogP contribution >= 0.6 is 0 Å². The molecule has 0 saturated heterocycles. The molecule has 0 radical (unpaired) electrons. The molecule has 2 rings (SSSR count). The predicted octanol–water partition coefficient (Wildman–Crippen LogP) is 1.52. The lowest BCUT2D eigenvalue weighted by molar-refractivity contribution is -0.385. The molecule has 0 heterocycles. The second kappa shape index (κ2) is 9.89. The van der Waals surface area contributed by atoms with Crippen molar-refractivity contribution in [3.05, 3.63) is 69.8 Å². The fourth-order valence-corrected chi connectivity index (χ4v) is 3.36. The van der Waals surface area contributed by atoms with E-state index < -0.39 is 26.6 Å². The monoisotopic (exact) mass is 427 g/mol. The summed E-state index contributed by atoms with van der Waals surface area (Å²) < 4.78 is 53.5. The van der Waals surface area contributed by atoms with E-state index in [4.69, 9.17) is 0 Å². The van der Waals surface area contributed by atoms with Gasteiger partial charge in [0, 0.05) is 44.4 Å². The number of halogens is 2. The molecule has 2 aromatic carbocycles. The van der Waals surface area contributed by atoms with Crippen LogP contribution in [0.2, 0.25) is 0 Å². The first kappa shape index (κ1) is 22.2. The van der Waals surface area contributed by atoms with Crippen LogP contribution in [0.15, 0.2) is 52.4 Å². The van der Waals surface area contributed by atoms with Gasteiger partial charge in [0.25, 0.3) is 5.69 Å². The minimum atomic E-state index is -3.93. The Morgan fingerprint density at radius 2 is 1.90 bits per heavy atom. The lowest BCUT2D eigenvalue weighted by atomic mass is 10.2. The van der Waals surface area contributed by atoms with Crippen LogP contribution in [0.3, 0.4) is 0 Å². The number of benzene rings is 2. The molecule has 0 atom stereocenters. The highest BCUT2D eigenvalue weighted by atomic mass is 32.2. The van der Waals surface area contributed by atoms with Crippen molar-refractivity contribution >= 4 is 21.7 Å². The SMILES string of the molecule is CN=C(NCCNS(=O)(=O)c1cccc([N+](=O)[O-])c1)NCc1cc(F)ccc1F. The summed E-state index contributed by atoms with van der Waals surface area (Å²) in [5.41, 5.74) is -0.223. The molecule has 0 unspecified atom stereocenters. The number of hydrogen-bond acceptors (Lipinski definition) is 5. The topological polar surface area (TPSA) is 126 Å². The Labute approximate surface area is 166 Å². The fourth-order valence-electron chi connectivity index (χ4n) is 2.29. The molecular weight excluding hydrogens is 408 g/mol. The number of nitrogens with one attached hydrogen (secondary N) is 3. The summed E-state index contributed by atoms with van der Waals surface area (Å²) in [6.45, 7) is 0.0577. The first-order chi connectivity index (χ1) is 13.7. The van der Waals surface area contributed by atoms with Gasteiger partial charge in [-0.2, -0.15) is 0 Å². The van der Waals surface area contributed by atoms with Crippen molar-refractivity contribution < 1.29 is 22.1 Å². The summed E-state index contributed by atoms with van der Waals surface area (Å²) >= 11 is 0. The van der Waals surface area contributed by atoms with E-state index in [1.165, 1.54) is 25.2 Å². The molecule has 0 aromatic heterocycles. The van der Waals surface area contributed by atoms with Crippen LogP contribution in [0.25, 0.3) is 0 Å². The van der Waals surface area contributed by atoms with Crippen LogP contribution < -0.4 is 15.4 Å². The maximum absolute atomic E-state index is 13.6. The van der Waals surface area contributed by atoms with Gasteiger partial charge in [0.05, 0.1) is 9.82 Å². The first-order valence-corrected chi connectivity index (χ1v) is 9.84. The van der Waals surface area contributed by atoms with Crippen molar-refractivity contribution in [2.24, 2.45) is 4.99 Å². The molecule has 156 valence electrons. The van der Waals surface area contributed by atoms with Crippen LogP contribution in [-0.4, -0.2) is 39.4 Å². The third kappa shape index (κ3) is 6.47. The predicted molar refractivity (Wildman–Crippen MR) is 103 cm³/mol. The number of hydrogen-bond donors (Lipinski definition) is 3. The molecule has 0 aliphatic heterocycles.